The largest absolute Gasteiger partial charge is 0.355 e. The van der Waals surface area contributed by atoms with Gasteiger partial charge in [-0.15, -0.1) is 0 Å². The van der Waals surface area contributed by atoms with E-state index >= 15 is 0 Å². The molecule has 2 amide bonds. The Balaban J connectivity index is 1.57. The number of anilines is 2. The minimum absolute atomic E-state index is 0.145. The Hall–Kier alpha value is -2.89. The molecule has 6 nitrogen and oxygen atoms in total. The summed E-state index contributed by atoms with van der Waals surface area (Å²) in [5, 5.41) is 2.89. The van der Waals surface area contributed by atoms with Gasteiger partial charge in [0.05, 0.1) is 11.9 Å². The van der Waals surface area contributed by atoms with E-state index in [0.717, 1.165) is 44.0 Å². The fourth-order valence-corrected chi connectivity index (χ4v) is 3.43. The van der Waals surface area contributed by atoms with E-state index in [0.29, 0.717) is 23.6 Å². The number of pyridine rings is 1. The standard InChI is InChI=1S/C23H30N4O2/c1-17(2)15-22(28)27-12-4-11-26(13-14-27)21-10-9-20(16-24-21)25-23(29)19-7-5-18(3)6-8-19/h5-10,16-17H,4,11-15H2,1-3H3,(H,25,29). The summed E-state index contributed by atoms with van der Waals surface area (Å²) in [5.41, 5.74) is 2.41. The average molecular weight is 395 g/mol. The zero-order chi connectivity index (χ0) is 20.8. The third-order valence-corrected chi connectivity index (χ3v) is 5.07. The molecule has 0 aliphatic carbocycles. The van der Waals surface area contributed by atoms with Gasteiger partial charge in [0.15, 0.2) is 0 Å². The summed E-state index contributed by atoms with van der Waals surface area (Å²) in [6.45, 7) is 9.30. The summed E-state index contributed by atoms with van der Waals surface area (Å²) in [4.78, 5) is 33.4. The van der Waals surface area contributed by atoms with Crippen LogP contribution in [0.5, 0.6) is 0 Å². The second-order valence-corrected chi connectivity index (χ2v) is 8.04. The predicted octanol–water partition coefficient (Wildman–Crippen LogP) is 3.73. The van der Waals surface area contributed by atoms with E-state index in [-0.39, 0.29) is 11.8 Å². The molecule has 0 saturated carbocycles. The second kappa shape index (κ2) is 9.54. The SMILES string of the molecule is Cc1ccc(C(=O)Nc2ccc(N3CCCN(C(=O)CC(C)C)CC3)nc2)cc1. The van der Waals surface area contributed by atoms with Crippen molar-refractivity contribution in [1.29, 1.82) is 0 Å². The number of carbonyl (C=O) groups is 2. The van der Waals surface area contributed by atoms with Crippen LogP contribution in [0.15, 0.2) is 42.6 Å². The molecule has 2 heterocycles. The number of aryl methyl sites for hydroxylation is 1. The van der Waals surface area contributed by atoms with Crippen LogP contribution in [0.2, 0.25) is 0 Å². The van der Waals surface area contributed by atoms with Gasteiger partial charge in [-0.1, -0.05) is 31.5 Å². The molecular weight excluding hydrogens is 364 g/mol. The van der Waals surface area contributed by atoms with Gasteiger partial charge in [0.2, 0.25) is 5.91 Å². The fraction of sp³-hybridized carbons (Fsp3) is 0.435. The van der Waals surface area contributed by atoms with Crippen molar-refractivity contribution in [2.24, 2.45) is 5.92 Å². The van der Waals surface area contributed by atoms with E-state index in [1.54, 1.807) is 6.20 Å². The summed E-state index contributed by atoms with van der Waals surface area (Å²) in [5.74, 6) is 1.35. The molecule has 2 aromatic rings. The van der Waals surface area contributed by atoms with Crippen molar-refractivity contribution in [3.8, 4) is 0 Å². The number of hydrogen-bond acceptors (Lipinski definition) is 4. The first kappa shape index (κ1) is 20.8. The lowest BCUT2D eigenvalue weighted by atomic mass is 10.1. The first-order valence-corrected chi connectivity index (χ1v) is 10.3. The van der Waals surface area contributed by atoms with Crippen molar-refractivity contribution in [2.75, 3.05) is 36.4 Å². The third-order valence-electron chi connectivity index (χ3n) is 5.07. The van der Waals surface area contributed by atoms with Crippen LogP contribution in [0.25, 0.3) is 0 Å². The molecule has 0 atom stereocenters. The number of nitrogens with one attached hydrogen (secondary N) is 1. The molecule has 29 heavy (non-hydrogen) atoms. The monoisotopic (exact) mass is 394 g/mol. The van der Waals surface area contributed by atoms with Gasteiger partial charge >= 0.3 is 0 Å². The Bertz CT molecular complexity index is 831. The number of amides is 2. The summed E-state index contributed by atoms with van der Waals surface area (Å²) >= 11 is 0. The van der Waals surface area contributed by atoms with E-state index < -0.39 is 0 Å². The predicted molar refractivity (Wildman–Crippen MR) is 116 cm³/mol. The highest BCUT2D eigenvalue weighted by Gasteiger charge is 2.20. The van der Waals surface area contributed by atoms with E-state index in [1.165, 1.54) is 0 Å². The number of aromatic nitrogens is 1. The Morgan fingerprint density at radius 2 is 1.79 bits per heavy atom. The molecule has 1 saturated heterocycles. The van der Waals surface area contributed by atoms with Crippen LogP contribution in [0.1, 0.15) is 42.6 Å². The molecule has 6 heteroatoms. The lowest BCUT2D eigenvalue weighted by Gasteiger charge is -2.23. The van der Waals surface area contributed by atoms with Gasteiger partial charge in [-0.2, -0.15) is 0 Å². The van der Waals surface area contributed by atoms with Crippen molar-refractivity contribution >= 4 is 23.3 Å². The molecule has 1 aliphatic heterocycles. The molecule has 1 N–H and O–H groups in total. The van der Waals surface area contributed by atoms with Crippen molar-refractivity contribution in [3.05, 3.63) is 53.7 Å². The van der Waals surface area contributed by atoms with Crippen LogP contribution in [0.4, 0.5) is 11.5 Å². The maximum atomic E-state index is 12.3. The summed E-state index contributed by atoms with van der Waals surface area (Å²) < 4.78 is 0. The molecule has 1 fully saturated rings. The van der Waals surface area contributed by atoms with Gasteiger partial charge in [-0.25, -0.2) is 4.98 Å². The zero-order valence-electron chi connectivity index (χ0n) is 17.5. The average Bonchev–Trinajstić information content (AvgIpc) is 2.95. The van der Waals surface area contributed by atoms with E-state index in [4.69, 9.17) is 0 Å². The molecule has 0 spiro atoms. The third kappa shape index (κ3) is 5.79. The van der Waals surface area contributed by atoms with Crippen LogP contribution in [0, 0.1) is 12.8 Å². The van der Waals surface area contributed by atoms with Gasteiger partial charge < -0.3 is 15.1 Å². The minimum Gasteiger partial charge on any atom is -0.355 e. The van der Waals surface area contributed by atoms with Gasteiger partial charge in [-0.3, -0.25) is 9.59 Å². The van der Waals surface area contributed by atoms with E-state index in [2.05, 4.69) is 29.0 Å². The van der Waals surface area contributed by atoms with Crippen LogP contribution in [0.3, 0.4) is 0 Å². The number of rotatable bonds is 5. The summed E-state index contributed by atoms with van der Waals surface area (Å²) in [6.07, 6.45) is 3.22. The highest BCUT2D eigenvalue weighted by Crippen LogP contribution is 2.18. The molecule has 1 aromatic heterocycles. The Morgan fingerprint density at radius 1 is 1.03 bits per heavy atom. The lowest BCUT2D eigenvalue weighted by Crippen LogP contribution is -2.35. The van der Waals surface area contributed by atoms with Gasteiger partial charge in [0.1, 0.15) is 5.82 Å². The van der Waals surface area contributed by atoms with Gasteiger partial charge in [0.25, 0.3) is 5.91 Å². The fourth-order valence-electron chi connectivity index (χ4n) is 3.43. The second-order valence-electron chi connectivity index (χ2n) is 8.04. The number of carbonyl (C=O) groups excluding carboxylic acids is 2. The van der Waals surface area contributed by atoms with Crippen LogP contribution < -0.4 is 10.2 Å². The van der Waals surface area contributed by atoms with E-state index in [1.807, 2.05) is 48.2 Å². The van der Waals surface area contributed by atoms with Crippen LogP contribution in [-0.2, 0) is 4.79 Å². The van der Waals surface area contributed by atoms with Crippen molar-refractivity contribution in [1.82, 2.24) is 9.88 Å². The quantitative estimate of drug-likeness (QED) is 0.839. The Labute approximate surface area is 172 Å². The highest BCUT2D eigenvalue weighted by atomic mass is 16.2. The van der Waals surface area contributed by atoms with Crippen molar-refractivity contribution < 1.29 is 9.59 Å². The normalized spacial score (nSPS) is 14.6. The van der Waals surface area contributed by atoms with Crippen molar-refractivity contribution in [3.63, 3.8) is 0 Å². The molecule has 1 aliphatic rings. The lowest BCUT2D eigenvalue weighted by molar-refractivity contribution is -0.131. The van der Waals surface area contributed by atoms with Gasteiger partial charge in [0, 0.05) is 38.2 Å². The maximum Gasteiger partial charge on any atom is 0.255 e. The number of nitrogens with zero attached hydrogens (tertiary/aromatic N) is 3. The molecule has 0 radical (unpaired) electrons. The number of hydrogen-bond donors (Lipinski definition) is 1. The first-order valence-electron chi connectivity index (χ1n) is 10.3. The van der Waals surface area contributed by atoms with Crippen LogP contribution in [-0.4, -0.2) is 47.9 Å². The van der Waals surface area contributed by atoms with E-state index in [9.17, 15) is 9.59 Å². The summed E-state index contributed by atoms with van der Waals surface area (Å²) in [6, 6.07) is 11.3. The highest BCUT2D eigenvalue weighted by molar-refractivity contribution is 6.04. The molecule has 154 valence electrons. The number of benzene rings is 1. The molecule has 3 rings (SSSR count). The smallest absolute Gasteiger partial charge is 0.255 e. The van der Waals surface area contributed by atoms with Gasteiger partial charge in [-0.05, 0) is 43.5 Å². The molecule has 0 bridgehead atoms. The molecular formula is C23H30N4O2. The van der Waals surface area contributed by atoms with Crippen molar-refractivity contribution in [2.45, 2.75) is 33.6 Å². The Kier molecular flexibility index (Phi) is 6.86. The molecule has 0 unspecified atom stereocenters. The minimum atomic E-state index is -0.145. The maximum absolute atomic E-state index is 12.3. The first-order chi connectivity index (χ1) is 13.9. The van der Waals surface area contributed by atoms with Crippen LogP contribution >= 0.6 is 0 Å². The molecule has 1 aromatic carbocycles. The Morgan fingerprint density at radius 3 is 2.45 bits per heavy atom. The summed E-state index contributed by atoms with van der Waals surface area (Å²) in [7, 11) is 0. The zero-order valence-corrected chi connectivity index (χ0v) is 17.5. The topological polar surface area (TPSA) is 65.5 Å².